The standard InChI is InChI=1S/C20H19FN2OS2/c1-13-3-4-15(11-14(13)2)18-12-26-20(22-18)23-19(24)9-10-25-17-7-5-16(21)6-8-17/h3-8,11-12H,9-10H2,1-2H3,(H,22,23,24). The van der Waals surface area contributed by atoms with Crippen molar-refractivity contribution < 1.29 is 9.18 Å². The van der Waals surface area contributed by atoms with Gasteiger partial charge in [-0.05, 0) is 55.3 Å². The molecule has 1 heterocycles. The molecule has 0 radical (unpaired) electrons. The number of benzene rings is 2. The highest BCUT2D eigenvalue weighted by atomic mass is 32.2. The van der Waals surface area contributed by atoms with Gasteiger partial charge >= 0.3 is 0 Å². The number of rotatable bonds is 6. The number of hydrogen-bond acceptors (Lipinski definition) is 4. The predicted molar refractivity (Wildman–Crippen MR) is 107 cm³/mol. The SMILES string of the molecule is Cc1ccc(-c2csc(NC(=O)CCSc3ccc(F)cc3)n2)cc1C. The number of halogens is 1. The van der Waals surface area contributed by atoms with E-state index in [1.54, 1.807) is 12.1 Å². The lowest BCUT2D eigenvalue weighted by molar-refractivity contribution is -0.115. The van der Waals surface area contributed by atoms with Crippen LogP contribution in [0.15, 0.2) is 52.7 Å². The molecule has 0 saturated heterocycles. The van der Waals surface area contributed by atoms with Gasteiger partial charge in [0.1, 0.15) is 5.82 Å². The number of anilines is 1. The van der Waals surface area contributed by atoms with Gasteiger partial charge in [-0.2, -0.15) is 0 Å². The number of aryl methyl sites for hydroxylation is 2. The molecule has 134 valence electrons. The molecule has 1 aromatic heterocycles. The third-order valence-corrected chi connectivity index (χ3v) is 5.74. The molecule has 0 aliphatic carbocycles. The van der Waals surface area contributed by atoms with Gasteiger partial charge in [-0.3, -0.25) is 4.79 Å². The Hall–Kier alpha value is -2.18. The highest BCUT2D eigenvalue weighted by molar-refractivity contribution is 7.99. The van der Waals surface area contributed by atoms with E-state index in [0.717, 1.165) is 16.2 Å². The van der Waals surface area contributed by atoms with E-state index in [9.17, 15) is 9.18 Å². The summed E-state index contributed by atoms with van der Waals surface area (Å²) in [4.78, 5) is 17.5. The average molecular weight is 387 g/mol. The largest absolute Gasteiger partial charge is 0.302 e. The first kappa shape index (κ1) is 18.6. The highest BCUT2D eigenvalue weighted by Crippen LogP contribution is 2.26. The molecule has 0 aliphatic rings. The quantitative estimate of drug-likeness (QED) is 0.554. The van der Waals surface area contributed by atoms with Crippen molar-refractivity contribution in [3.63, 3.8) is 0 Å². The summed E-state index contributed by atoms with van der Waals surface area (Å²) in [5, 5.41) is 5.41. The zero-order chi connectivity index (χ0) is 18.5. The summed E-state index contributed by atoms with van der Waals surface area (Å²) in [7, 11) is 0. The van der Waals surface area contributed by atoms with Gasteiger partial charge in [-0.25, -0.2) is 9.37 Å². The van der Waals surface area contributed by atoms with Gasteiger partial charge in [0.25, 0.3) is 0 Å². The van der Waals surface area contributed by atoms with Crippen LogP contribution in [-0.2, 0) is 4.79 Å². The Morgan fingerprint density at radius 1 is 1.15 bits per heavy atom. The number of carbonyl (C=O) groups is 1. The molecule has 0 saturated carbocycles. The van der Waals surface area contributed by atoms with Crippen LogP contribution in [0, 0.1) is 19.7 Å². The minimum atomic E-state index is -0.254. The second-order valence-corrected chi connectivity index (χ2v) is 7.96. The maximum atomic E-state index is 12.9. The van der Waals surface area contributed by atoms with Crippen molar-refractivity contribution in [1.82, 2.24) is 4.98 Å². The van der Waals surface area contributed by atoms with Gasteiger partial charge in [-0.1, -0.05) is 12.1 Å². The number of nitrogens with one attached hydrogen (secondary N) is 1. The van der Waals surface area contributed by atoms with Gasteiger partial charge < -0.3 is 5.32 Å². The van der Waals surface area contributed by atoms with Gasteiger partial charge in [0.15, 0.2) is 5.13 Å². The Bertz CT molecular complexity index is 906. The van der Waals surface area contributed by atoms with Crippen LogP contribution in [0.5, 0.6) is 0 Å². The van der Waals surface area contributed by atoms with Crippen molar-refractivity contribution in [2.24, 2.45) is 0 Å². The molecule has 0 aliphatic heterocycles. The van der Waals surface area contributed by atoms with Crippen LogP contribution >= 0.6 is 23.1 Å². The Kier molecular flexibility index (Phi) is 6.06. The molecule has 0 fully saturated rings. The van der Waals surface area contributed by atoms with E-state index < -0.39 is 0 Å². The number of thiazole rings is 1. The maximum absolute atomic E-state index is 12.9. The van der Waals surface area contributed by atoms with E-state index in [1.807, 2.05) is 11.4 Å². The zero-order valence-corrected chi connectivity index (χ0v) is 16.2. The second-order valence-electron chi connectivity index (χ2n) is 5.94. The molecule has 1 amide bonds. The summed E-state index contributed by atoms with van der Waals surface area (Å²) in [5.41, 5.74) is 4.39. The minimum absolute atomic E-state index is 0.0689. The molecule has 0 unspecified atom stereocenters. The van der Waals surface area contributed by atoms with E-state index in [2.05, 4.69) is 36.3 Å². The van der Waals surface area contributed by atoms with Gasteiger partial charge in [0.05, 0.1) is 5.69 Å². The van der Waals surface area contributed by atoms with Crippen LogP contribution in [0.2, 0.25) is 0 Å². The van der Waals surface area contributed by atoms with Crippen LogP contribution in [0.1, 0.15) is 17.5 Å². The molecule has 1 N–H and O–H groups in total. The van der Waals surface area contributed by atoms with Gasteiger partial charge in [0, 0.05) is 28.0 Å². The van der Waals surface area contributed by atoms with E-state index >= 15 is 0 Å². The number of nitrogens with zero attached hydrogens (tertiary/aromatic N) is 1. The average Bonchev–Trinajstić information content (AvgIpc) is 3.07. The summed E-state index contributed by atoms with van der Waals surface area (Å²) in [6.07, 6.45) is 0.376. The lowest BCUT2D eigenvalue weighted by Crippen LogP contribution is -2.11. The van der Waals surface area contributed by atoms with Crippen molar-refractivity contribution in [2.75, 3.05) is 11.1 Å². The Morgan fingerprint density at radius 2 is 1.92 bits per heavy atom. The lowest BCUT2D eigenvalue weighted by Gasteiger charge is -2.03. The molecular weight excluding hydrogens is 367 g/mol. The summed E-state index contributed by atoms with van der Waals surface area (Å²) >= 11 is 2.95. The van der Waals surface area contributed by atoms with E-state index in [1.165, 1.54) is 46.4 Å². The fourth-order valence-electron chi connectivity index (χ4n) is 2.34. The van der Waals surface area contributed by atoms with Crippen molar-refractivity contribution in [1.29, 1.82) is 0 Å². The maximum Gasteiger partial charge on any atom is 0.226 e. The van der Waals surface area contributed by atoms with E-state index in [0.29, 0.717) is 17.3 Å². The number of carbonyl (C=O) groups excluding carboxylic acids is 1. The highest BCUT2D eigenvalue weighted by Gasteiger charge is 2.09. The zero-order valence-electron chi connectivity index (χ0n) is 14.6. The Morgan fingerprint density at radius 3 is 2.65 bits per heavy atom. The van der Waals surface area contributed by atoms with Crippen molar-refractivity contribution in [2.45, 2.75) is 25.2 Å². The monoisotopic (exact) mass is 386 g/mol. The molecule has 3 rings (SSSR count). The summed E-state index contributed by atoms with van der Waals surface area (Å²) in [5.74, 6) is 0.309. The van der Waals surface area contributed by atoms with Crippen LogP contribution in [-0.4, -0.2) is 16.6 Å². The first-order chi connectivity index (χ1) is 12.5. The minimum Gasteiger partial charge on any atom is -0.302 e. The molecule has 3 aromatic rings. The summed E-state index contributed by atoms with van der Waals surface area (Å²) < 4.78 is 12.9. The Labute approximate surface area is 160 Å². The number of amides is 1. The molecule has 6 heteroatoms. The van der Waals surface area contributed by atoms with Crippen LogP contribution < -0.4 is 5.32 Å². The summed E-state index contributed by atoms with van der Waals surface area (Å²) in [6.45, 7) is 4.16. The smallest absolute Gasteiger partial charge is 0.226 e. The molecule has 2 aromatic carbocycles. The fourth-order valence-corrected chi connectivity index (χ4v) is 3.93. The normalized spacial score (nSPS) is 10.7. The van der Waals surface area contributed by atoms with Crippen molar-refractivity contribution in [3.8, 4) is 11.3 Å². The molecule has 26 heavy (non-hydrogen) atoms. The molecule has 0 atom stereocenters. The van der Waals surface area contributed by atoms with Crippen LogP contribution in [0.25, 0.3) is 11.3 Å². The van der Waals surface area contributed by atoms with Crippen molar-refractivity contribution >= 4 is 34.1 Å². The van der Waals surface area contributed by atoms with Gasteiger partial charge in [-0.15, -0.1) is 23.1 Å². The Balaban J connectivity index is 1.52. The second kappa shape index (κ2) is 8.47. The first-order valence-corrected chi connectivity index (χ1v) is 10.1. The fraction of sp³-hybridized carbons (Fsp3) is 0.200. The number of aromatic nitrogens is 1. The molecular formula is C20H19FN2OS2. The van der Waals surface area contributed by atoms with Crippen molar-refractivity contribution in [3.05, 3.63) is 64.8 Å². The lowest BCUT2D eigenvalue weighted by atomic mass is 10.1. The van der Waals surface area contributed by atoms with Crippen LogP contribution in [0.3, 0.4) is 0 Å². The van der Waals surface area contributed by atoms with E-state index in [4.69, 9.17) is 0 Å². The van der Waals surface area contributed by atoms with Crippen LogP contribution in [0.4, 0.5) is 9.52 Å². The third kappa shape index (κ3) is 4.93. The van der Waals surface area contributed by atoms with E-state index in [-0.39, 0.29) is 11.7 Å². The first-order valence-electron chi connectivity index (χ1n) is 8.22. The molecule has 3 nitrogen and oxygen atoms in total. The third-order valence-electron chi connectivity index (χ3n) is 3.96. The number of hydrogen-bond donors (Lipinski definition) is 1. The number of thioether (sulfide) groups is 1. The summed E-state index contributed by atoms with van der Waals surface area (Å²) in [6, 6.07) is 12.5. The molecule has 0 bridgehead atoms. The topological polar surface area (TPSA) is 42.0 Å². The van der Waals surface area contributed by atoms with Gasteiger partial charge in [0.2, 0.25) is 5.91 Å². The predicted octanol–water partition coefficient (Wildman–Crippen LogP) is 5.69. The molecule has 0 spiro atoms.